The van der Waals surface area contributed by atoms with E-state index < -0.39 is 11.9 Å². The van der Waals surface area contributed by atoms with Gasteiger partial charge in [-0.2, -0.15) is 4.98 Å². The molecule has 4 rings (SSSR count). The van der Waals surface area contributed by atoms with Crippen molar-refractivity contribution in [3.63, 3.8) is 0 Å². The maximum absolute atomic E-state index is 14.2. The molecule has 0 radical (unpaired) electrons. The number of rotatable bonds is 6. The number of nitrogens with zero attached hydrogens (tertiary/aromatic N) is 3. The molecule has 2 heterocycles. The van der Waals surface area contributed by atoms with Crippen molar-refractivity contribution < 1.29 is 18.4 Å². The minimum Gasteiger partial charge on any atom is -0.494 e. The molecular weight excluding hydrogens is 411 g/mol. The molecule has 0 saturated carbocycles. The Morgan fingerprint density at radius 3 is 2.62 bits per heavy atom. The van der Waals surface area contributed by atoms with Gasteiger partial charge in [0.1, 0.15) is 0 Å². The molecule has 1 unspecified atom stereocenters. The van der Waals surface area contributed by atoms with E-state index in [9.17, 15) is 9.18 Å². The highest BCUT2D eigenvalue weighted by Crippen LogP contribution is 2.37. The second-order valence-electron chi connectivity index (χ2n) is 8.07. The summed E-state index contributed by atoms with van der Waals surface area (Å²) < 4.78 is 24.8. The lowest BCUT2D eigenvalue weighted by molar-refractivity contribution is 0.199. The molecule has 1 N–H and O–H groups in total. The Kier molecular flexibility index (Phi) is 5.94. The van der Waals surface area contributed by atoms with E-state index in [1.165, 1.54) is 19.2 Å². The van der Waals surface area contributed by atoms with Gasteiger partial charge >= 0.3 is 6.03 Å². The van der Waals surface area contributed by atoms with Crippen molar-refractivity contribution in [3.05, 3.63) is 71.5 Å². The molecule has 7 nitrogen and oxygen atoms in total. The van der Waals surface area contributed by atoms with Gasteiger partial charge in [-0.05, 0) is 36.6 Å². The summed E-state index contributed by atoms with van der Waals surface area (Å²) >= 11 is 0. The van der Waals surface area contributed by atoms with Gasteiger partial charge in [0.2, 0.25) is 5.82 Å². The summed E-state index contributed by atoms with van der Waals surface area (Å²) in [7, 11) is 1.41. The molecule has 8 heteroatoms. The third-order valence-electron chi connectivity index (χ3n) is 5.34. The van der Waals surface area contributed by atoms with E-state index >= 15 is 0 Å². The quantitative estimate of drug-likeness (QED) is 0.586. The van der Waals surface area contributed by atoms with Crippen LogP contribution in [0.1, 0.15) is 38.3 Å². The van der Waals surface area contributed by atoms with Crippen LogP contribution in [0.4, 0.5) is 9.18 Å². The molecule has 1 atom stereocenters. The van der Waals surface area contributed by atoms with Crippen LogP contribution in [0.15, 0.2) is 58.8 Å². The van der Waals surface area contributed by atoms with Crippen LogP contribution in [0.3, 0.4) is 0 Å². The van der Waals surface area contributed by atoms with Crippen LogP contribution in [0, 0.1) is 11.7 Å². The largest absolute Gasteiger partial charge is 0.494 e. The average molecular weight is 436 g/mol. The van der Waals surface area contributed by atoms with Crippen LogP contribution < -0.4 is 10.1 Å². The normalized spacial score (nSPS) is 16.5. The summed E-state index contributed by atoms with van der Waals surface area (Å²) in [6.45, 7) is 6.52. The number of nitrogens with one attached hydrogen (secondary N) is 1. The summed E-state index contributed by atoms with van der Waals surface area (Å²) in [6, 6.07) is 13.5. The van der Waals surface area contributed by atoms with Gasteiger partial charge in [0.05, 0.1) is 18.7 Å². The van der Waals surface area contributed by atoms with Crippen LogP contribution in [-0.2, 0) is 0 Å². The second-order valence-corrected chi connectivity index (χ2v) is 8.07. The van der Waals surface area contributed by atoms with Gasteiger partial charge in [-0.1, -0.05) is 49.3 Å². The van der Waals surface area contributed by atoms with E-state index in [0.717, 1.165) is 11.3 Å². The number of hydrogen-bond donors (Lipinski definition) is 1. The number of hydrogen-bond acceptors (Lipinski definition) is 5. The number of urea groups is 1. The minimum absolute atomic E-state index is 0.138. The number of halogens is 1. The molecule has 2 aromatic carbocycles. The Bertz CT molecular complexity index is 1160. The molecule has 1 aliphatic heterocycles. The first-order valence-corrected chi connectivity index (χ1v) is 10.4. The first-order chi connectivity index (χ1) is 15.4. The fraction of sp³-hybridized carbons (Fsp3) is 0.292. The third-order valence-corrected chi connectivity index (χ3v) is 5.34. The molecule has 0 fully saturated rings. The molecule has 166 valence electrons. The smallest absolute Gasteiger partial charge is 0.322 e. The number of methoxy groups -OCH3 is 1. The van der Waals surface area contributed by atoms with Gasteiger partial charge in [-0.15, -0.1) is 0 Å². The van der Waals surface area contributed by atoms with Crippen molar-refractivity contribution >= 4 is 11.6 Å². The number of allylic oxidation sites excluding steroid dienone is 1. The van der Waals surface area contributed by atoms with Gasteiger partial charge in [0.15, 0.2) is 11.6 Å². The average Bonchev–Trinajstić information content (AvgIpc) is 3.26. The number of amides is 2. The second kappa shape index (κ2) is 8.82. The lowest BCUT2D eigenvalue weighted by Gasteiger charge is -2.36. The van der Waals surface area contributed by atoms with E-state index in [0.29, 0.717) is 17.7 Å². The van der Waals surface area contributed by atoms with Crippen LogP contribution in [0.25, 0.3) is 17.0 Å². The number of ether oxygens (including phenoxy) is 1. The van der Waals surface area contributed by atoms with Crippen molar-refractivity contribution in [2.24, 2.45) is 5.92 Å². The predicted molar refractivity (Wildman–Crippen MR) is 118 cm³/mol. The van der Waals surface area contributed by atoms with E-state index in [4.69, 9.17) is 9.26 Å². The highest BCUT2D eigenvalue weighted by Gasteiger charge is 2.35. The molecule has 32 heavy (non-hydrogen) atoms. The highest BCUT2D eigenvalue weighted by molar-refractivity contribution is 5.86. The monoisotopic (exact) mass is 436 g/mol. The van der Waals surface area contributed by atoms with E-state index in [-0.39, 0.29) is 29.4 Å². The summed E-state index contributed by atoms with van der Waals surface area (Å²) in [5.41, 5.74) is 2.82. The lowest BCUT2D eigenvalue weighted by Crippen LogP contribution is -2.47. The Balaban J connectivity index is 1.79. The number of carbonyl (C=O) groups is 1. The number of carbonyl (C=O) groups excluding carboxylic acids is 1. The van der Waals surface area contributed by atoms with Crippen LogP contribution in [0.2, 0.25) is 0 Å². The van der Waals surface area contributed by atoms with Crippen LogP contribution in [-0.4, -0.2) is 34.7 Å². The first-order valence-electron chi connectivity index (χ1n) is 10.4. The molecule has 3 aromatic rings. The molecule has 0 aliphatic carbocycles. The van der Waals surface area contributed by atoms with Crippen molar-refractivity contribution in [1.82, 2.24) is 20.4 Å². The molecule has 1 aliphatic rings. The summed E-state index contributed by atoms with van der Waals surface area (Å²) in [4.78, 5) is 19.1. The summed E-state index contributed by atoms with van der Waals surface area (Å²) in [5, 5.41) is 7.13. The van der Waals surface area contributed by atoms with Crippen LogP contribution in [0.5, 0.6) is 5.75 Å². The van der Waals surface area contributed by atoms with Gasteiger partial charge in [-0.25, -0.2) is 9.18 Å². The zero-order valence-corrected chi connectivity index (χ0v) is 18.4. The molecule has 0 saturated heterocycles. The highest BCUT2D eigenvalue weighted by atomic mass is 19.1. The van der Waals surface area contributed by atoms with Crippen molar-refractivity contribution in [1.29, 1.82) is 0 Å². The zero-order valence-electron chi connectivity index (χ0n) is 18.4. The van der Waals surface area contributed by atoms with Gasteiger partial charge in [-0.3, -0.25) is 4.90 Å². The van der Waals surface area contributed by atoms with Crippen molar-refractivity contribution in [2.75, 3.05) is 13.7 Å². The Morgan fingerprint density at radius 2 is 1.97 bits per heavy atom. The summed E-state index contributed by atoms with van der Waals surface area (Å²) in [5.74, 6) is 0.421. The number of benzene rings is 2. The lowest BCUT2D eigenvalue weighted by atomic mass is 9.94. The fourth-order valence-corrected chi connectivity index (χ4v) is 3.79. The molecule has 0 bridgehead atoms. The standard InChI is InChI=1S/C24H25FN4O3/c1-14(2)13-29-15(3)20(21(26-24(29)30)16-8-6-5-7-9-16)23-27-22(28-32-23)17-10-11-19(31-4)18(25)12-17/h5-12,14,21H,13H2,1-4H3,(H,26,30). The van der Waals surface area contributed by atoms with E-state index in [1.807, 2.05) is 51.1 Å². The number of aromatic nitrogens is 2. The van der Waals surface area contributed by atoms with Gasteiger partial charge in [0, 0.05) is 17.8 Å². The SMILES string of the molecule is COc1ccc(-c2noc(C3=C(C)N(CC(C)C)C(=O)NC3c3ccccc3)n2)cc1F. The first kappa shape index (κ1) is 21.5. The maximum atomic E-state index is 14.2. The molecule has 2 amide bonds. The minimum atomic E-state index is -0.512. The fourth-order valence-electron chi connectivity index (χ4n) is 3.79. The van der Waals surface area contributed by atoms with Gasteiger partial charge < -0.3 is 14.6 Å². The van der Waals surface area contributed by atoms with Crippen LogP contribution >= 0.6 is 0 Å². The maximum Gasteiger partial charge on any atom is 0.322 e. The Hall–Kier alpha value is -3.68. The van der Waals surface area contributed by atoms with E-state index in [1.54, 1.807) is 11.0 Å². The molecular formula is C24H25FN4O3. The predicted octanol–water partition coefficient (Wildman–Crippen LogP) is 5.04. The van der Waals surface area contributed by atoms with E-state index in [2.05, 4.69) is 15.5 Å². The van der Waals surface area contributed by atoms with Gasteiger partial charge in [0.25, 0.3) is 5.89 Å². The Labute approximate surface area is 185 Å². The molecule has 0 spiro atoms. The van der Waals surface area contributed by atoms with Crippen molar-refractivity contribution in [2.45, 2.75) is 26.8 Å². The zero-order chi connectivity index (χ0) is 22.8. The summed E-state index contributed by atoms with van der Waals surface area (Å²) in [6.07, 6.45) is 0. The Morgan fingerprint density at radius 1 is 1.22 bits per heavy atom. The third kappa shape index (κ3) is 4.08. The molecule has 1 aromatic heterocycles. The van der Waals surface area contributed by atoms with Crippen molar-refractivity contribution in [3.8, 4) is 17.1 Å². The topological polar surface area (TPSA) is 80.5 Å².